The van der Waals surface area contributed by atoms with Crippen LogP contribution in [0.2, 0.25) is 0 Å². The summed E-state index contributed by atoms with van der Waals surface area (Å²) >= 11 is 2.08. The Kier molecular flexibility index (Phi) is 3.41. The Bertz CT molecular complexity index is 347. The number of Topliss-reactive ketones (excluding diaryl/α,β-unsaturated/α-hetero) is 1. The maximum Gasteiger partial charge on any atom is 0.165 e. The molecule has 0 N–H and O–H groups in total. The van der Waals surface area contributed by atoms with Crippen molar-refractivity contribution >= 4 is 28.4 Å². The second kappa shape index (κ2) is 4.17. The minimum Gasteiger partial charge on any atom is -0.294 e. The number of aryl methyl sites for hydroxylation is 1. The number of benzene rings is 1. The van der Waals surface area contributed by atoms with Crippen molar-refractivity contribution in [2.45, 2.75) is 20.3 Å². The van der Waals surface area contributed by atoms with Gasteiger partial charge in [0.05, 0.1) is 5.56 Å². The molecule has 70 valence electrons. The van der Waals surface area contributed by atoms with Crippen LogP contribution in [0.25, 0.3) is 0 Å². The van der Waals surface area contributed by atoms with E-state index in [0.29, 0.717) is 12.0 Å². The van der Waals surface area contributed by atoms with Crippen LogP contribution in [0.3, 0.4) is 0 Å². The first-order valence-electron chi connectivity index (χ1n) is 4.05. The lowest BCUT2D eigenvalue weighted by Gasteiger charge is -2.04. The highest BCUT2D eigenvalue weighted by Gasteiger charge is 2.12. The normalized spacial score (nSPS) is 10.2. The average Bonchev–Trinajstić information content (AvgIpc) is 2.10. The molecule has 0 aliphatic carbocycles. The zero-order valence-electron chi connectivity index (χ0n) is 7.53. The fraction of sp³-hybridized carbons (Fsp3) is 0.300. The van der Waals surface area contributed by atoms with Gasteiger partial charge in [-0.15, -0.1) is 0 Å². The van der Waals surface area contributed by atoms with Crippen LogP contribution in [0.4, 0.5) is 4.39 Å². The molecule has 0 radical (unpaired) electrons. The van der Waals surface area contributed by atoms with Crippen molar-refractivity contribution in [3.63, 3.8) is 0 Å². The van der Waals surface area contributed by atoms with Crippen LogP contribution < -0.4 is 0 Å². The SMILES string of the molecule is CCC(=O)c1cc(I)cc(C)c1F. The summed E-state index contributed by atoms with van der Waals surface area (Å²) in [6, 6.07) is 3.32. The minimum atomic E-state index is -0.382. The highest BCUT2D eigenvalue weighted by molar-refractivity contribution is 14.1. The third kappa shape index (κ3) is 2.27. The molecule has 0 saturated carbocycles. The number of carbonyl (C=O) groups is 1. The molecule has 0 bridgehead atoms. The molecule has 1 aromatic rings. The van der Waals surface area contributed by atoms with E-state index in [1.807, 2.05) is 0 Å². The Morgan fingerprint density at radius 2 is 2.15 bits per heavy atom. The second-order valence-electron chi connectivity index (χ2n) is 2.86. The lowest BCUT2D eigenvalue weighted by molar-refractivity contribution is 0.0984. The van der Waals surface area contributed by atoms with E-state index < -0.39 is 0 Å². The molecule has 0 heterocycles. The maximum absolute atomic E-state index is 13.4. The minimum absolute atomic E-state index is 0.140. The summed E-state index contributed by atoms with van der Waals surface area (Å²) in [7, 11) is 0. The molecule has 1 aromatic carbocycles. The molecule has 0 saturated heterocycles. The predicted octanol–water partition coefficient (Wildman–Crippen LogP) is 3.33. The highest BCUT2D eigenvalue weighted by Crippen LogP contribution is 2.18. The maximum atomic E-state index is 13.4. The van der Waals surface area contributed by atoms with Crippen molar-refractivity contribution in [3.05, 3.63) is 32.6 Å². The Morgan fingerprint density at radius 1 is 1.54 bits per heavy atom. The number of rotatable bonds is 2. The molecule has 0 unspecified atom stereocenters. The number of ketones is 1. The number of halogens is 2. The van der Waals surface area contributed by atoms with E-state index in [4.69, 9.17) is 0 Å². The van der Waals surface area contributed by atoms with Crippen molar-refractivity contribution in [2.75, 3.05) is 0 Å². The van der Waals surface area contributed by atoms with Crippen molar-refractivity contribution in [3.8, 4) is 0 Å². The van der Waals surface area contributed by atoms with Gasteiger partial charge < -0.3 is 0 Å². The van der Waals surface area contributed by atoms with E-state index in [9.17, 15) is 9.18 Å². The van der Waals surface area contributed by atoms with Crippen molar-refractivity contribution in [1.82, 2.24) is 0 Å². The molecular weight excluding hydrogens is 282 g/mol. The molecule has 0 aromatic heterocycles. The van der Waals surface area contributed by atoms with Crippen LogP contribution >= 0.6 is 22.6 Å². The Morgan fingerprint density at radius 3 is 2.69 bits per heavy atom. The largest absolute Gasteiger partial charge is 0.294 e. The van der Waals surface area contributed by atoms with Gasteiger partial charge in [0.2, 0.25) is 0 Å². The first kappa shape index (κ1) is 10.6. The first-order chi connectivity index (χ1) is 6.06. The molecule has 1 rings (SSSR count). The number of carbonyl (C=O) groups excluding carboxylic acids is 1. The molecule has 0 spiro atoms. The Labute approximate surface area is 90.5 Å². The predicted molar refractivity (Wildman–Crippen MR) is 58.5 cm³/mol. The van der Waals surface area contributed by atoms with Gasteiger partial charge in [-0.25, -0.2) is 4.39 Å². The number of hydrogen-bond donors (Lipinski definition) is 0. The van der Waals surface area contributed by atoms with Crippen LogP contribution in [0.1, 0.15) is 29.3 Å². The van der Waals surface area contributed by atoms with Gasteiger partial charge in [-0.1, -0.05) is 6.92 Å². The third-order valence-electron chi connectivity index (χ3n) is 1.84. The zero-order chi connectivity index (χ0) is 10.0. The fourth-order valence-corrected chi connectivity index (χ4v) is 1.90. The summed E-state index contributed by atoms with van der Waals surface area (Å²) in [4.78, 5) is 11.3. The van der Waals surface area contributed by atoms with E-state index >= 15 is 0 Å². The molecule has 0 amide bonds. The standard InChI is InChI=1S/C10H10FIO/c1-3-9(13)8-5-7(12)4-6(2)10(8)11/h4-5H,3H2,1-2H3. The monoisotopic (exact) mass is 292 g/mol. The average molecular weight is 292 g/mol. The number of hydrogen-bond acceptors (Lipinski definition) is 1. The van der Waals surface area contributed by atoms with E-state index in [1.54, 1.807) is 26.0 Å². The highest BCUT2D eigenvalue weighted by atomic mass is 127. The van der Waals surface area contributed by atoms with Gasteiger partial charge in [0.1, 0.15) is 5.82 Å². The van der Waals surface area contributed by atoms with Crippen LogP contribution in [0.15, 0.2) is 12.1 Å². The molecular formula is C10H10FIO. The molecule has 0 atom stereocenters. The fourth-order valence-electron chi connectivity index (χ4n) is 1.12. The van der Waals surface area contributed by atoms with Gasteiger partial charge in [0, 0.05) is 9.99 Å². The van der Waals surface area contributed by atoms with Crippen molar-refractivity contribution in [2.24, 2.45) is 0 Å². The zero-order valence-corrected chi connectivity index (χ0v) is 9.68. The summed E-state index contributed by atoms with van der Waals surface area (Å²) in [5, 5.41) is 0. The van der Waals surface area contributed by atoms with Crippen LogP contribution in [0, 0.1) is 16.3 Å². The summed E-state index contributed by atoms with van der Waals surface area (Å²) in [5.41, 5.74) is 0.746. The lowest BCUT2D eigenvalue weighted by Crippen LogP contribution is -2.02. The van der Waals surface area contributed by atoms with Crippen LogP contribution in [-0.2, 0) is 0 Å². The molecule has 0 aliphatic rings. The van der Waals surface area contributed by atoms with E-state index in [2.05, 4.69) is 22.6 Å². The topological polar surface area (TPSA) is 17.1 Å². The van der Waals surface area contributed by atoms with Gasteiger partial charge >= 0.3 is 0 Å². The summed E-state index contributed by atoms with van der Waals surface area (Å²) in [5.74, 6) is -0.522. The van der Waals surface area contributed by atoms with Gasteiger partial charge in [-0.3, -0.25) is 4.79 Å². The quantitative estimate of drug-likeness (QED) is 0.603. The molecule has 1 nitrogen and oxygen atoms in total. The molecule has 13 heavy (non-hydrogen) atoms. The summed E-state index contributed by atoms with van der Waals surface area (Å²) < 4.78 is 14.3. The molecule has 0 fully saturated rings. The van der Waals surface area contributed by atoms with E-state index in [-0.39, 0.29) is 17.2 Å². The van der Waals surface area contributed by atoms with Gasteiger partial charge in [-0.05, 0) is 47.2 Å². The van der Waals surface area contributed by atoms with Crippen molar-refractivity contribution in [1.29, 1.82) is 0 Å². The van der Waals surface area contributed by atoms with Gasteiger partial charge in [0.15, 0.2) is 5.78 Å². The van der Waals surface area contributed by atoms with Crippen molar-refractivity contribution < 1.29 is 9.18 Å². The summed E-state index contributed by atoms with van der Waals surface area (Å²) in [6.45, 7) is 3.40. The van der Waals surface area contributed by atoms with Gasteiger partial charge in [-0.2, -0.15) is 0 Å². The van der Waals surface area contributed by atoms with E-state index in [0.717, 1.165) is 3.57 Å². The van der Waals surface area contributed by atoms with E-state index in [1.165, 1.54) is 0 Å². The smallest absolute Gasteiger partial charge is 0.165 e. The Balaban J connectivity index is 3.28. The first-order valence-corrected chi connectivity index (χ1v) is 5.13. The Hall–Kier alpha value is -0.450. The second-order valence-corrected chi connectivity index (χ2v) is 4.11. The third-order valence-corrected chi connectivity index (χ3v) is 2.46. The van der Waals surface area contributed by atoms with Crippen LogP contribution in [0.5, 0.6) is 0 Å². The molecule has 3 heteroatoms. The lowest BCUT2D eigenvalue weighted by atomic mass is 10.1. The summed E-state index contributed by atoms with van der Waals surface area (Å²) in [6.07, 6.45) is 0.344. The molecule has 0 aliphatic heterocycles. The van der Waals surface area contributed by atoms with Gasteiger partial charge in [0.25, 0.3) is 0 Å². The van der Waals surface area contributed by atoms with Crippen LogP contribution in [-0.4, -0.2) is 5.78 Å².